The Hall–Kier alpha value is -3.66. The van der Waals surface area contributed by atoms with E-state index in [1.807, 2.05) is 0 Å². The van der Waals surface area contributed by atoms with E-state index in [1.165, 1.54) is 30.0 Å². The number of benzene rings is 2. The van der Waals surface area contributed by atoms with Gasteiger partial charge in [0.05, 0.1) is 5.56 Å². The molecule has 7 rings (SSSR count). The summed E-state index contributed by atoms with van der Waals surface area (Å²) in [7, 11) is 0. The van der Waals surface area contributed by atoms with E-state index in [9.17, 15) is 34.8 Å². The maximum absolute atomic E-state index is 13.7. The predicted octanol–water partition coefficient (Wildman–Crippen LogP) is 3.46. The zero-order chi connectivity index (χ0) is 30.4. The molecule has 2 aromatic rings. The van der Waals surface area contributed by atoms with Gasteiger partial charge in [0.15, 0.2) is 11.4 Å². The van der Waals surface area contributed by atoms with Crippen LogP contribution in [0.4, 0.5) is 0 Å². The quantitative estimate of drug-likeness (QED) is 0.313. The second-order valence-electron chi connectivity index (χ2n) is 12.8. The summed E-state index contributed by atoms with van der Waals surface area (Å²) in [6, 6.07) is 10.3. The smallest absolute Gasteiger partial charge is 0.255 e. The lowest BCUT2D eigenvalue weighted by atomic mass is 9.59. The lowest BCUT2D eigenvalue weighted by Crippen LogP contribution is -2.58. The lowest BCUT2D eigenvalue weighted by molar-refractivity contribution is -0.147. The number of carbonyl (C=O) groups excluding carboxylic acids is 3. The average molecular weight is 605 g/mol. The monoisotopic (exact) mass is 604 g/mol. The number of phenols is 1. The first-order valence-electron chi connectivity index (χ1n) is 14.8. The number of hydrogen-bond donors (Lipinski definition) is 5. The summed E-state index contributed by atoms with van der Waals surface area (Å²) in [6.45, 7) is 1.44. The molecule has 3 atom stereocenters. The largest absolute Gasteiger partial charge is 0.508 e. The highest BCUT2D eigenvalue weighted by Crippen LogP contribution is 2.53. The Kier molecular flexibility index (Phi) is 6.50. The number of aliphatic hydroxyl groups is 3. The van der Waals surface area contributed by atoms with Crippen molar-refractivity contribution in [1.29, 1.82) is 0 Å². The van der Waals surface area contributed by atoms with E-state index in [0.717, 1.165) is 24.9 Å². The fraction of sp³-hybridized carbons (Fsp3) is 0.424. The molecule has 5 aliphatic carbocycles. The molecule has 6 N–H and O–H groups in total. The molecule has 5 aliphatic rings. The third-order valence-electron chi connectivity index (χ3n) is 10.2. The summed E-state index contributed by atoms with van der Waals surface area (Å²) < 4.78 is 0. The SMILES string of the molecule is NC(=O)C1=C(O)[C@@]2(O)C(=O)C3=C(O)c4c(O)cc(CN(CC5CC5)C5Cc6ccccc6C5)c(Cl)c4CC3C[C@H]2CC1=O. The highest BCUT2D eigenvalue weighted by molar-refractivity contribution is 6.32. The number of carbonyl (C=O) groups is 3. The Morgan fingerprint density at radius 3 is 2.35 bits per heavy atom. The Balaban J connectivity index is 1.25. The highest BCUT2D eigenvalue weighted by atomic mass is 35.5. The van der Waals surface area contributed by atoms with E-state index in [4.69, 9.17) is 17.3 Å². The van der Waals surface area contributed by atoms with Gasteiger partial charge in [0.25, 0.3) is 5.91 Å². The minimum atomic E-state index is -2.59. The summed E-state index contributed by atoms with van der Waals surface area (Å²) in [5.74, 6) is -5.87. The van der Waals surface area contributed by atoms with Crippen LogP contribution in [0.15, 0.2) is 47.2 Å². The summed E-state index contributed by atoms with van der Waals surface area (Å²) in [6.07, 6.45) is 4.16. The number of nitrogens with zero attached hydrogens (tertiary/aromatic N) is 1. The van der Waals surface area contributed by atoms with Crippen molar-refractivity contribution >= 4 is 34.8 Å². The van der Waals surface area contributed by atoms with Gasteiger partial charge in [0.2, 0.25) is 5.78 Å². The van der Waals surface area contributed by atoms with Gasteiger partial charge in [-0.15, -0.1) is 0 Å². The molecular weight excluding hydrogens is 572 g/mol. The van der Waals surface area contributed by atoms with Crippen LogP contribution < -0.4 is 5.73 Å². The average Bonchev–Trinajstić information content (AvgIpc) is 3.67. The van der Waals surface area contributed by atoms with Crippen molar-refractivity contribution in [2.45, 2.75) is 63.1 Å². The van der Waals surface area contributed by atoms with Gasteiger partial charge >= 0.3 is 0 Å². The molecule has 2 saturated carbocycles. The highest BCUT2D eigenvalue weighted by Gasteiger charge is 2.60. The van der Waals surface area contributed by atoms with Crippen molar-refractivity contribution in [2.75, 3.05) is 6.54 Å². The second-order valence-corrected chi connectivity index (χ2v) is 13.2. The molecule has 2 fully saturated rings. The Bertz CT molecular complexity index is 1650. The van der Waals surface area contributed by atoms with Gasteiger partial charge in [-0.05, 0) is 78.7 Å². The van der Waals surface area contributed by atoms with E-state index < -0.39 is 52.0 Å². The number of aromatic hydroxyl groups is 1. The molecule has 0 aromatic heterocycles. The molecular formula is C33H33ClN2O7. The van der Waals surface area contributed by atoms with Crippen LogP contribution in [0.5, 0.6) is 5.75 Å². The molecule has 0 aliphatic heterocycles. The number of fused-ring (bicyclic) bond motifs is 4. The van der Waals surface area contributed by atoms with Gasteiger partial charge in [-0.2, -0.15) is 0 Å². The van der Waals surface area contributed by atoms with Crippen molar-refractivity contribution < 1.29 is 34.8 Å². The zero-order valence-electron chi connectivity index (χ0n) is 23.5. The first-order valence-corrected chi connectivity index (χ1v) is 15.2. The minimum absolute atomic E-state index is 0.0166. The van der Waals surface area contributed by atoms with Crippen LogP contribution in [0, 0.1) is 17.8 Å². The Morgan fingerprint density at radius 1 is 1.05 bits per heavy atom. The maximum atomic E-state index is 13.7. The second kappa shape index (κ2) is 9.94. The summed E-state index contributed by atoms with van der Waals surface area (Å²) >= 11 is 7.03. The number of ketones is 2. The fourth-order valence-corrected chi connectivity index (χ4v) is 8.11. The van der Waals surface area contributed by atoms with E-state index in [0.29, 0.717) is 29.1 Å². The van der Waals surface area contributed by atoms with Crippen LogP contribution in [0.2, 0.25) is 5.02 Å². The van der Waals surface area contributed by atoms with Gasteiger partial charge in [0.1, 0.15) is 22.8 Å². The third kappa shape index (κ3) is 4.31. The van der Waals surface area contributed by atoms with Gasteiger partial charge in [0, 0.05) is 42.1 Å². The van der Waals surface area contributed by atoms with Crippen LogP contribution in [0.25, 0.3) is 5.76 Å². The molecule has 224 valence electrons. The lowest BCUT2D eigenvalue weighted by Gasteiger charge is -2.46. The Labute approximate surface area is 253 Å². The Morgan fingerprint density at radius 2 is 1.72 bits per heavy atom. The van der Waals surface area contributed by atoms with E-state index in [-0.39, 0.29) is 36.1 Å². The molecule has 0 spiro atoms. The van der Waals surface area contributed by atoms with E-state index >= 15 is 0 Å². The normalized spacial score (nSPS) is 26.9. The number of hydrogen-bond acceptors (Lipinski definition) is 8. The van der Waals surface area contributed by atoms with Crippen LogP contribution in [0.1, 0.15) is 53.5 Å². The molecule has 1 amide bonds. The van der Waals surface area contributed by atoms with Crippen molar-refractivity contribution in [3.8, 4) is 5.75 Å². The third-order valence-corrected chi connectivity index (χ3v) is 10.7. The number of aliphatic hydroxyl groups excluding tert-OH is 2. The number of nitrogens with two attached hydrogens (primary N) is 1. The number of Topliss-reactive ketones (excluding diaryl/α,β-unsaturated/α-hetero) is 2. The van der Waals surface area contributed by atoms with Crippen LogP contribution in [-0.2, 0) is 40.2 Å². The first-order chi connectivity index (χ1) is 20.5. The molecule has 9 nitrogen and oxygen atoms in total. The number of rotatable bonds is 6. The molecule has 1 unspecified atom stereocenters. The summed E-state index contributed by atoms with van der Waals surface area (Å²) in [5.41, 5.74) is 5.64. The molecule has 2 aromatic carbocycles. The van der Waals surface area contributed by atoms with Crippen LogP contribution in [0.3, 0.4) is 0 Å². The topological polar surface area (TPSA) is 161 Å². The molecule has 43 heavy (non-hydrogen) atoms. The first kappa shape index (κ1) is 28.1. The van der Waals surface area contributed by atoms with Crippen molar-refractivity contribution in [3.05, 3.63) is 80.1 Å². The number of primary amides is 1. The van der Waals surface area contributed by atoms with Gasteiger partial charge in [-0.3, -0.25) is 19.3 Å². The molecule has 0 bridgehead atoms. The van der Waals surface area contributed by atoms with Gasteiger partial charge in [-0.1, -0.05) is 35.9 Å². The maximum Gasteiger partial charge on any atom is 0.255 e. The molecule has 0 saturated heterocycles. The predicted molar refractivity (Wildman–Crippen MR) is 157 cm³/mol. The summed E-state index contributed by atoms with van der Waals surface area (Å²) in [4.78, 5) is 40.6. The minimum Gasteiger partial charge on any atom is -0.508 e. The van der Waals surface area contributed by atoms with E-state index in [2.05, 4.69) is 29.2 Å². The van der Waals surface area contributed by atoms with Gasteiger partial charge < -0.3 is 26.2 Å². The van der Waals surface area contributed by atoms with Crippen molar-refractivity contribution in [2.24, 2.45) is 23.5 Å². The van der Waals surface area contributed by atoms with Crippen LogP contribution in [-0.4, -0.2) is 61.0 Å². The number of halogens is 1. The number of phenolic OH excluding ortho intramolecular Hbond substituents is 1. The van der Waals surface area contributed by atoms with Crippen molar-refractivity contribution in [3.63, 3.8) is 0 Å². The number of amides is 1. The van der Waals surface area contributed by atoms with E-state index in [1.54, 1.807) is 0 Å². The standard InChI is InChI=1S/C33H33ClN2O7/c34-28-19(14-36(13-15-5-6-15)21-8-16-3-1-2-4-17(16)9-21)11-23(37)26-22(28)10-18-7-20-12-24(38)27(32(35)42)31(41)33(20,43)30(40)25(18)29(26)39/h1-4,11,15,18,20-21,37,39,41,43H,5-10,12-14H2,(H2,35,42)/t18?,20-,33-/m0/s1. The zero-order valence-corrected chi connectivity index (χ0v) is 24.2. The van der Waals surface area contributed by atoms with Gasteiger partial charge in [-0.25, -0.2) is 0 Å². The molecule has 0 radical (unpaired) electrons. The van der Waals surface area contributed by atoms with Crippen molar-refractivity contribution in [1.82, 2.24) is 4.90 Å². The molecule has 10 heteroatoms. The van der Waals surface area contributed by atoms with Crippen LogP contribution >= 0.6 is 11.6 Å². The molecule has 0 heterocycles. The summed E-state index contributed by atoms with van der Waals surface area (Å²) in [5, 5.41) is 45.2. The fourth-order valence-electron chi connectivity index (χ4n) is 7.83.